The lowest BCUT2D eigenvalue weighted by Gasteiger charge is -2.22. The molecular weight excluding hydrogens is 181 g/mol. The van der Waals surface area contributed by atoms with Crippen LogP contribution in [0.5, 0.6) is 0 Å². The number of likely N-dealkylation sites (N-methyl/N-ethyl adjacent to an activating group) is 1. The van der Waals surface area contributed by atoms with Gasteiger partial charge in [0.15, 0.2) is 0 Å². The third-order valence-corrected chi connectivity index (χ3v) is 2.09. The second-order valence-electron chi connectivity index (χ2n) is 4.26. The van der Waals surface area contributed by atoms with Gasteiger partial charge < -0.3 is 13.4 Å². The van der Waals surface area contributed by atoms with Gasteiger partial charge >= 0.3 is 16.6 Å². The maximum Gasteiger partial charge on any atom is 0.410 e. The molecule has 0 aliphatic heterocycles. The van der Waals surface area contributed by atoms with E-state index < -0.39 is 0 Å². The SMILES string of the molecule is CN(CC[O][AlH2])CCOC(C)(C)C. The Kier molecular flexibility index (Phi) is 7.02. The lowest BCUT2D eigenvalue weighted by atomic mass is 10.2. The zero-order valence-corrected chi connectivity index (χ0v) is 11.6. The summed E-state index contributed by atoms with van der Waals surface area (Å²) in [6.07, 6.45) is 0. The van der Waals surface area contributed by atoms with Crippen molar-refractivity contribution in [3.05, 3.63) is 0 Å². The van der Waals surface area contributed by atoms with Crippen LogP contribution in [0, 0.1) is 0 Å². The first-order valence-corrected chi connectivity index (χ1v) is 5.59. The van der Waals surface area contributed by atoms with Gasteiger partial charge in [0, 0.05) is 19.7 Å². The minimum absolute atomic E-state index is 0.0188. The third kappa shape index (κ3) is 10.3. The number of hydrogen-bond donors (Lipinski definition) is 0. The van der Waals surface area contributed by atoms with E-state index in [4.69, 9.17) is 8.53 Å². The van der Waals surface area contributed by atoms with Crippen LogP contribution in [0.4, 0.5) is 0 Å². The van der Waals surface area contributed by atoms with Gasteiger partial charge in [0.05, 0.1) is 12.2 Å². The molecule has 0 spiro atoms. The molecule has 0 bridgehead atoms. The summed E-state index contributed by atoms with van der Waals surface area (Å²) in [5, 5.41) is 0. The van der Waals surface area contributed by atoms with E-state index in [0.717, 1.165) is 42.9 Å². The highest BCUT2D eigenvalue weighted by Crippen LogP contribution is 2.05. The quantitative estimate of drug-likeness (QED) is 0.579. The molecule has 0 N–H and O–H groups in total. The van der Waals surface area contributed by atoms with Crippen molar-refractivity contribution in [1.29, 1.82) is 0 Å². The van der Waals surface area contributed by atoms with Crippen LogP contribution < -0.4 is 0 Å². The van der Waals surface area contributed by atoms with Crippen LogP contribution in [0.1, 0.15) is 20.8 Å². The molecule has 0 radical (unpaired) electrons. The molecule has 13 heavy (non-hydrogen) atoms. The summed E-state index contributed by atoms with van der Waals surface area (Å²) >= 11 is 0.834. The van der Waals surface area contributed by atoms with Gasteiger partial charge in [0.25, 0.3) is 0 Å². The van der Waals surface area contributed by atoms with Crippen molar-refractivity contribution < 1.29 is 8.53 Å². The molecule has 0 heterocycles. The first-order valence-electron chi connectivity index (χ1n) is 4.77. The third-order valence-electron chi connectivity index (χ3n) is 1.69. The standard InChI is InChI=1S/C9H20NO2.Al.2H/c1-9(2,3)12-8-6-10(4)5-7-11;;;/h5-8H2,1-4H3;;;/q-1;+1;;. The molecule has 0 saturated carbocycles. The van der Waals surface area contributed by atoms with Crippen LogP contribution in [-0.2, 0) is 8.53 Å². The number of rotatable bonds is 6. The Balaban J connectivity index is 3.31. The largest absolute Gasteiger partial charge is 0.505 e. The van der Waals surface area contributed by atoms with Gasteiger partial charge in [0.2, 0.25) is 0 Å². The summed E-state index contributed by atoms with van der Waals surface area (Å²) in [7, 11) is 2.09. The van der Waals surface area contributed by atoms with E-state index in [-0.39, 0.29) is 5.60 Å². The van der Waals surface area contributed by atoms with E-state index in [1.807, 2.05) is 0 Å². The van der Waals surface area contributed by atoms with E-state index in [9.17, 15) is 0 Å². The highest BCUT2D eigenvalue weighted by atomic mass is 27.1. The van der Waals surface area contributed by atoms with Crippen molar-refractivity contribution >= 4 is 16.6 Å². The fourth-order valence-electron chi connectivity index (χ4n) is 0.867. The molecule has 0 fully saturated rings. The smallest absolute Gasteiger partial charge is 0.410 e. The van der Waals surface area contributed by atoms with E-state index >= 15 is 0 Å². The second kappa shape index (κ2) is 6.81. The van der Waals surface area contributed by atoms with Crippen molar-refractivity contribution in [3.63, 3.8) is 0 Å². The van der Waals surface area contributed by atoms with Crippen LogP contribution in [0.3, 0.4) is 0 Å². The minimum atomic E-state index is -0.0188. The summed E-state index contributed by atoms with van der Waals surface area (Å²) in [4.78, 5) is 2.23. The number of nitrogens with zero attached hydrogens (tertiary/aromatic N) is 1. The van der Waals surface area contributed by atoms with Crippen LogP contribution in [0.25, 0.3) is 0 Å². The fraction of sp³-hybridized carbons (Fsp3) is 1.00. The molecule has 0 aliphatic rings. The normalized spacial score (nSPS) is 12.4. The monoisotopic (exact) mass is 203 g/mol. The van der Waals surface area contributed by atoms with Gasteiger partial charge in [-0.2, -0.15) is 0 Å². The Bertz CT molecular complexity index is 125. The zero-order valence-electron chi connectivity index (χ0n) is 9.59. The maximum absolute atomic E-state index is 5.61. The molecule has 78 valence electrons. The van der Waals surface area contributed by atoms with Crippen molar-refractivity contribution in [2.75, 3.05) is 33.4 Å². The van der Waals surface area contributed by atoms with Crippen LogP contribution >= 0.6 is 0 Å². The first kappa shape index (κ1) is 13.4. The average molecular weight is 203 g/mol. The molecule has 0 atom stereocenters. The van der Waals surface area contributed by atoms with Gasteiger partial charge in [-0.15, -0.1) is 0 Å². The molecule has 0 aromatic heterocycles. The molecule has 0 unspecified atom stereocenters. The summed E-state index contributed by atoms with van der Waals surface area (Å²) < 4.78 is 10.7. The van der Waals surface area contributed by atoms with Gasteiger partial charge in [-0.25, -0.2) is 0 Å². The fourth-order valence-corrected chi connectivity index (χ4v) is 1.05. The number of hydrogen-bond acceptors (Lipinski definition) is 3. The van der Waals surface area contributed by atoms with Gasteiger partial charge in [0.1, 0.15) is 0 Å². The van der Waals surface area contributed by atoms with E-state index in [1.165, 1.54) is 0 Å². The average Bonchev–Trinajstić information content (AvgIpc) is 1.98. The molecule has 0 amide bonds. The lowest BCUT2D eigenvalue weighted by molar-refractivity contribution is -0.0113. The van der Waals surface area contributed by atoms with Gasteiger partial charge in [-0.05, 0) is 27.8 Å². The van der Waals surface area contributed by atoms with Crippen molar-refractivity contribution in [2.24, 2.45) is 0 Å². The Morgan fingerprint density at radius 1 is 1.15 bits per heavy atom. The Hall–Kier alpha value is 0.412. The van der Waals surface area contributed by atoms with Crippen LogP contribution in [0.2, 0.25) is 0 Å². The topological polar surface area (TPSA) is 21.7 Å². The summed E-state index contributed by atoms with van der Waals surface area (Å²) in [6, 6.07) is 0. The highest BCUT2D eigenvalue weighted by Gasteiger charge is 2.09. The molecule has 0 saturated heterocycles. The Morgan fingerprint density at radius 3 is 2.15 bits per heavy atom. The predicted molar refractivity (Wildman–Crippen MR) is 57.7 cm³/mol. The molecule has 0 aliphatic carbocycles. The second-order valence-corrected chi connectivity index (χ2v) is 4.83. The minimum Gasteiger partial charge on any atom is -0.505 e. The molecule has 0 aromatic carbocycles. The van der Waals surface area contributed by atoms with E-state index in [0.29, 0.717) is 0 Å². The Labute approximate surface area is 90.1 Å². The Morgan fingerprint density at radius 2 is 1.69 bits per heavy atom. The van der Waals surface area contributed by atoms with Crippen molar-refractivity contribution in [3.8, 4) is 0 Å². The molecule has 0 rings (SSSR count). The maximum atomic E-state index is 5.61. The molecule has 3 nitrogen and oxygen atoms in total. The van der Waals surface area contributed by atoms with E-state index in [2.05, 4.69) is 32.7 Å². The van der Waals surface area contributed by atoms with Gasteiger partial charge in [-0.1, -0.05) is 0 Å². The molecular formula is C9H22AlNO2. The molecule has 4 heteroatoms. The first-order chi connectivity index (χ1) is 5.95. The summed E-state index contributed by atoms with van der Waals surface area (Å²) in [6.45, 7) is 9.84. The molecule has 0 aromatic rings. The van der Waals surface area contributed by atoms with Gasteiger partial charge in [-0.3, -0.25) is 0 Å². The zero-order chi connectivity index (χ0) is 10.3. The highest BCUT2D eigenvalue weighted by molar-refractivity contribution is 5.97. The van der Waals surface area contributed by atoms with Crippen LogP contribution in [-0.4, -0.2) is 60.5 Å². The summed E-state index contributed by atoms with van der Waals surface area (Å²) in [5.74, 6) is 0. The lowest BCUT2D eigenvalue weighted by Crippen LogP contribution is -2.30. The number of ether oxygens (including phenoxy) is 1. The van der Waals surface area contributed by atoms with Crippen LogP contribution in [0.15, 0.2) is 0 Å². The predicted octanol–water partition coefficient (Wildman–Crippen LogP) is 0.298. The van der Waals surface area contributed by atoms with Crippen molar-refractivity contribution in [2.45, 2.75) is 26.4 Å². The summed E-state index contributed by atoms with van der Waals surface area (Å²) in [5.41, 5.74) is -0.0188. The van der Waals surface area contributed by atoms with E-state index in [1.54, 1.807) is 0 Å². The van der Waals surface area contributed by atoms with Crippen molar-refractivity contribution in [1.82, 2.24) is 4.90 Å².